The molecule has 0 aliphatic carbocycles. The lowest BCUT2D eigenvalue weighted by Crippen LogP contribution is -2.45. The van der Waals surface area contributed by atoms with Crippen LogP contribution >= 0.6 is 22.9 Å². The van der Waals surface area contributed by atoms with Crippen LogP contribution in [0.1, 0.15) is 0 Å². The van der Waals surface area contributed by atoms with Crippen LogP contribution in [0.5, 0.6) is 0 Å². The zero-order valence-electron chi connectivity index (χ0n) is 9.45. The summed E-state index contributed by atoms with van der Waals surface area (Å²) >= 11 is 7.30. The van der Waals surface area contributed by atoms with Crippen molar-refractivity contribution in [1.82, 2.24) is 14.8 Å². The van der Waals surface area contributed by atoms with E-state index in [-0.39, 0.29) is 0 Å². The van der Waals surface area contributed by atoms with Crippen LogP contribution in [0.25, 0.3) is 0 Å². The molecule has 0 amide bonds. The van der Waals surface area contributed by atoms with Gasteiger partial charge in [-0.2, -0.15) is 0 Å². The molecule has 1 aromatic rings. The Morgan fingerprint density at radius 3 is 2.81 bits per heavy atom. The number of hydrogen-bond acceptors (Lipinski definition) is 5. The minimum absolute atomic E-state index is 0.576. The number of aromatic nitrogens is 1. The number of piperazine rings is 1. The first-order valence-corrected chi connectivity index (χ1v) is 6.75. The average molecular weight is 261 g/mol. The van der Waals surface area contributed by atoms with Gasteiger partial charge in [-0.15, -0.1) is 11.3 Å². The largest absolute Gasteiger partial charge is 0.360 e. The maximum atomic E-state index is 5.75. The number of thiazole rings is 1. The molecule has 2 heterocycles. The van der Waals surface area contributed by atoms with Gasteiger partial charge in [0, 0.05) is 44.6 Å². The molecule has 0 atom stereocenters. The predicted octanol–water partition coefficient (Wildman–Crippen LogP) is 1.46. The third-order valence-corrected chi connectivity index (χ3v) is 3.90. The van der Waals surface area contributed by atoms with E-state index in [1.54, 1.807) is 11.3 Å². The molecule has 4 nitrogen and oxygen atoms in total. The second-order valence-corrected chi connectivity index (χ2v) is 5.29. The van der Waals surface area contributed by atoms with Gasteiger partial charge >= 0.3 is 0 Å². The molecule has 0 aromatic carbocycles. The molecule has 0 spiro atoms. The van der Waals surface area contributed by atoms with Crippen molar-refractivity contribution in [2.45, 2.75) is 0 Å². The highest BCUT2D eigenvalue weighted by molar-refractivity contribution is 7.14. The molecule has 1 aliphatic heterocycles. The van der Waals surface area contributed by atoms with Gasteiger partial charge in [0.1, 0.15) is 5.15 Å². The predicted molar refractivity (Wildman–Crippen MR) is 69.6 cm³/mol. The highest BCUT2D eigenvalue weighted by Gasteiger charge is 2.12. The van der Waals surface area contributed by atoms with Gasteiger partial charge in [0.25, 0.3) is 0 Å². The molecule has 0 unspecified atom stereocenters. The fourth-order valence-corrected chi connectivity index (χ4v) is 2.59. The van der Waals surface area contributed by atoms with Crippen molar-refractivity contribution >= 4 is 28.1 Å². The summed E-state index contributed by atoms with van der Waals surface area (Å²) in [5, 5.41) is 6.63. The quantitative estimate of drug-likeness (QED) is 0.888. The van der Waals surface area contributed by atoms with E-state index < -0.39 is 0 Å². The van der Waals surface area contributed by atoms with Crippen LogP contribution in [0.15, 0.2) is 5.38 Å². The van der Waals surface area contributed by atoms with Gasteiger partial charge in [-0.05, 0) is 7.05 Å². The van der Waals surface area contributed by atoms with Gasteiger partial charge in [0.2, 0.25) is 0 Å². The number of hydrogen-bond donors (Lipinski definition) is 1. The number of rotatable bonds is 4. The molecule has 16 heavy (non-hydrogen) atoms. The summed E-state index contributed by atoms with van der Waals surface area (Å²) in [6.07, 6.45) is 0. The number of likely N-dealkylation sites (N-methyl/N-ethyl adjacent to an activating group) is 1. The molecule has 0 bridgehead atoms. The van der Waals surface area contributed by atoms with Gasteiger partial charge in [-0.1, -0.05) is 11.6 Å². The number of halogens is 1. The normalized spacial score (nSPS) is 18.9. The Morgan fingerprint density at radius 1 is 1.44 bits per heavy atom. The highest BCUT2D eigenvalue weighted by Crippen LogP contribution is 2.18. The Morgan fingerprint density at radius 2 is 2.19 bits per heavy atom. The van der Waals surface area contributed by atoms with Crippen LogP contribution in [-0.4, -0.2) is 61.1 Å². The van der Waals surface area contributed by atoms with Crippen molar-refractivity contribution in [2.75, 3.05) is 51.6 Å². The van der Waals surface area contributed by atoms with Crippen molar-refractivity contribution in [3.63, 3.8) is 0 Å². The Labute approximate surface area is 105 Å². The van der Waals surface area contributed by atoms with Crippen molar-refractivity contribution in [3.05, 3.63) is 10.5 Å². The number of nitrogens with one attached hydrogen (secondary N) is 1. The third-order valence-electron chi connectivity index (χ3n) is 2.78. The molecule has 1 aromatic heterocycles. The number of nitrogens with zero attached hydrogens (tertiary/aromatic N) is 3. The van der Waals surface area contributed by atoms with E-state index in [2.05, 4.69) is 27.1 Å². The van der Waals surface area contributed by atoms with Crippen LogP contribution < -0.4 is 5.32 Å². The fraction of sp³-hybridized carbons (Fsp3) is 0.700. The lowest BCUT2D eigenvalue weighted by molar-refractivity contribution is 0.158. The Kier molecular flexibility index (Phi) is 4.40. The maximum Gasteiger partial charge on any atom is 0.184 e. The molecule has 1 fully saturated rings. The molecule has 6 heteroatoms. The summed E-state index contributed by atoms with van der Waals surface area (Å²) in [5.74, 6) is 0. The second kappa shape index (κ2) is 5.82. The lowest BCUT2D eigenvalue weighted by atomic mass is 10.3. The number of anilines is 1. The first-order valence-electron chi connectivity index (χ1n) is 5.50. The zero-order valence-corrected chi connectivity index (χ0v) is 11.0. The SMILES string of the molecule is CN1CCN(CCNc2nc(Cl)cs2)CC1. The smallest absolute Gasteiger partial charge is 0.184 e. The summed E-state index contributed by atoms with van der Waals surface area (Å²) in [7, 11) is 2.17. The monoisotopic (exact) mass is 260 g/mol. The summed E-state index contributed by atoms with van der Waals surface area (Å²) in [6.45, 7) is 6.68. The van der Waals surface area contributed by atoms with E-state index >= 15 is 0 Å². The van der Waals surface area contributed by atoms with E-state index in [4.69, 9.17) is 11.6 Å². The van der Waals surface area contributed by atoms with Gasteiger partial charge < -0.3 is 10.2 Å². The standard InChI is InChI=1S/C10H17ClN4S/c1-14-4-6-15(7-5-14)3-2-12-10-13-9(11)8-16-10/h8H,2-7H2,1H3,(H,12,13). The lowest BCUT2D eigenvalue weighted by Gasteiger charge is -2.32. The van der Waals surface area contributed by atoms with E-state index in [9.17, 15) is 0 Å². The molecule has 90 valence electrons. The van der Waals surface area contributed by atoms with Gasteiger partial charge in [-0.3, -0.25) is 4.90 Å². The molecule has 1 aliphatic rings. The third kappa shape index (κ3) is 3.59. The summed E-state index contributed by atoms with van der Waals surface area (Å²) in [4.78, 5) is 8.99. The van der Waals surface area contributed by atoms with Crippen molar-refractivity contribution in [1.29, 1.82) is 0 Å². The van der Waals surface area contributed by atoms with E-state index in [0.29, 0.717) is 5.15 Å². The van der Waals surface area contributed by atoms with Crippen LogP contribution in [0.4, 0.5) is 5.13 Å². The maximum absolute atomic E-state index is 5.75. The fourth-order valence-electron chi connectivity index (χ4n) is 1.73. The first-order chi connectivity index (χ1) is 7.74. The zero-order chi connectivity index (χ0) is 11.4. The topological polar surface area (TPSA) is 31.4 Å². The summed E-state index contributed by atoms with van der Waals surface area (Å²) < 4.78 is 0. The van der Waals surface area contributed by atoms with E-state index in [0.717, 1.165) is 31.3 Å². The Hall–Kier alpha value is -0.360. The molecule has 0 saturated carbocycles. The average Bonchev–Trinajstić information content (AvgIpc) is 2.67. The first kappa shape index (κ1) is 12.1. The molecule has 2 rings (SSSR count). The molecule has 1 saturated heterocycles. The van der Waals surface area contributed by atoms with Gasteiger partial charge in [0.05, 0.1) is 0 Å². The van der Waals surface area contributed by atoms with Crippen molar-refractivity contribution in [2.24, 2.45) is 0 Å². The molecule has 0 radical (unpaired) electrons. The molecule has 1 N–H and O–H groups in total. The van der Waals surface area contributed by atoms with Crippen molar-refractivity contribution in [3.8, 4) is 0 Å². The van der Waals surface area contributed by atoms with Crippen LogP contribution in [0, 0.1) is 0 Å². The van der Waals surface area contributed by atoms with Crippen LogP contribution in [0.2, 0.25) is 5.15 Å². The highest BCUT2D eigenvalue weighted by atomic mass is 35.5. The minimum Gasteiger partial charge on any atom is -0.360 e. The molecular weight excluding hydrogens is 244 g/mol. The van der Waals surface area contributed by atoms with Gasteiger partial charge in [-0.25, -0.2) is 4.98 Å². The van der Waals surface area contributed by atoms with E-state index in [1.165, 1.54) is 13.1 Å². The van der Waals surface area contributed by atoms with Crippen LogP contribution in [-0.2, 0) is 0 Å². The van der Waals surface area contributed by atoms with E-state index in [1.807, 2.05) is 5.38 Å². The summed E-state index contributed by atoms with van der Waals surface area (Å²) in [5.41, 5.74) is 0. The van der Waals surface area contributed by atoms with Crippen LogP contribution in [0.3, 0.4) is 0 Å². The van der Waals surface area contributed by atoms with Gasteiger partial charge in [0.15, 0.2) is 5.13 Å². The van der Waals surface area contributed by atoms with Crippen molar-refractivity contribution < 1.29 is 0 Å². The summed E-state index contributed by atoms with van der Waals surface area (Å²) in [6, 6.07) is 0. The molecular formula is C10H17ClN4S. The Bertz CT molecular complexity index is 322. The Balaban J connectivity index is 1.64. The second-order valence-electron chi connectivity index (χ2n) is 4.05. The minimum atomic E-state index is 0.576.